The number of phenolic OH excluding ortho intramolecular Hbond substituents is 4. The summed E-state index contributed by atoms with van der Waals surface area (Å²) in [7, 11) is -20.9. The van der Waals surface area contributed by atoms with E-state index in [1.54, 1.807) is 0 Å². The first-order valence-corrected chi connectivity index (χ1v) is 37.1. The van der Waals surface area contributed by atoms with Gasteiger partial charge in [-0.1, -0.05) is 29.7 Å². The van der Waals surface area contributed by atoms with Crippen molar-refractivity contribution in [2.75, 3.05) is 49.2 Å². The third kappa shape index (κ3) is 19.8. The first kappa shape index (κ1) is 87.3. The van der Waals surface area contributed by atoms with E-state index in [0.717, 1.165) is 24.3 Å². The van der Waals surface area contributed by atoms with Gasteiger partial charge in [0.15, 0.2) is 0 Å². The van der Waals surface area contributed by atoms with Crippen LogP contribution in [0.1, 0.15) is 167 Å². The monoisotopic (exact) mass is 1520 g/mol. The van der Waals surface area contributed by atoms with Crippen molar-refractivity contribution in [3.8, 4) is 46.0 Å². The minimum Gasteiger partial charge on any atom is -0.872 e. The van der Waals surface area contributed by atoms with E-state index in [0.29, 0.717) is 0 Å². The van der Waals surface area contributed by atoms with Crippen molar-refractivity contribution in [3.05, 3.63) is 91.0 Å². The summed E-state index contributed by atoms with van der Waals surface area (Å²) in [5.74, 6) is -29.3. The molecule has 8 atom stereocenters. The third-order valence-electron chi connectivity index (χ3n) is 19.3. The predicted molar refractivity (Wildman–Crippen MR) is 326 cm³/mol. The third-order valence-corrected chi connectivity index (χ3v) is 22.3. The minimum atomic E-state index is -5.24. The molecule has 4 saturated heterocycles. The smallest absolute Gasteiger partial charge is 0.872 e. The van der Waals surface area contributed by atoms with Gasteiger partial charge in [0.05, 0.1) is 28.6 Å². The Hall–Kier alpha value is -3.36. The maximum atomic E-state index is 15.8. The van der Waals surface area contributed by atoms with Gasteiger partial charge in [-0.25, -0.2) is 0 Å². The molecule has 0 radical (unpaired) electrons. The van der Waals surface area contributed by atoms with E-state index in [-0.39, 0.29) is 196 Å². The summed E-state index contributed by atoms with van der Waals surface area (Å²) in [6, 6.07) is -2.31. The second-order valence-corrected chi connectivity index (χ2v) is 31.5. The summed E-state index contributed by atoms with van der Waals surface area (Å²) in [6.45, 7) is -3.71. The fraction of sp³-hybridized carbons (Fsp3) is 0.533. The molecule has 0 saturated carbocycles. The molecule has 5 aliphatic rings. The van der Waals surface area contributed by atoms with E-state index in [2.05, 4.69) is 0 Å². The van der Waals surface area contributed by atoms with Crippen LogP contribution >= 0.6 is 0 Å². The van der Waals surface area contributed by atoms with Crippen LogP contribution in [0.5, 0.6) is 46.0 Å². The molecule has 12 N–H and O–H groups in total. The summed E-state index contributed by atoms with van der Waals surface area (Å²) < 4.78 is 147. The Morgan fingerprint density at radius 2 is 0.530 bits per heavy atom. The van der Waals surface area contributed by atoms with E-state index < -0.39 is 300 Å². The zero-order valence-electron chi connectivity index (χ0n) is 55.2. The molecule has 0 spiro atoms. The van der Waals surface area contributed by atoms with Crippen LogP contribution in [0.2, 0.25) is 0 Å². The Labute approximate surface area is 664 Å². The summed E-state index contributed by atoms with van der Waals surface area (Å²) in [5.41, 5.74) is -8.97. The van der Waals surface area contributed by atoms with Crippen molar-refractivity contribution in [1.82, 2.24) is 19.6 Å². The number of aromatic hydroxyl groups is 4. The molecule has 4 aliphatic heterocycles. The van der Waals surface area contributed by atoms with Crippen molar-refractivity contribution < 1.29 is 251 Å². The number of hydrogen-bond donors (Lipinski definition) is 12. The van der Waals surface area contributed by atoms with E-state index in [1.807, 2.05) is 0 Å². The van der Waals surface area contributed by atoms with Gasteiger partial charge in [-0.3, -0.25) is 57.0 Å². The van der Waals surface area contributed by atoms with Gasteiger partial charge in [0.2, 0.25) is 0 Å². The van der Waals surface area contributed by atoms with Crippen LogP contribution in [0.25, 0.3) is 0 Å². The number of hydrogen-bond acceptors (Lipinski definition) is 24. The Morgan fingerprint density at radius 3 is 0.760 bits per heavy atom. The fourth-order valence-corrected chi connectivity index (χ4v) is 16.8. The summed E-state index contributed by atoms with van der Waals surface area (Å²) in [5, 5.41) is 156. The maximum Gasteiger partial charge on any atom is 1.00 e. The number of rotatable bonds is 24. The van der Waals surface area contributed by atoms with Gasteiger partial charge in [0.1, 0.15) is 47.2 Å². The topological polar surface area (TPSA) is 553 Å². The van der Waals surface area contributed by atoms with Crippen molar-refractivity contribution in [2.24, 2.45) is 0 Å². The molecule has 528 valence electrons. The molecular weight excluding hydrogens is 1440 g/mol. The van der Waals surface area contributed by atoms with Crippen LogP contribution in [0.3, 0.4) is 0 Å². The summed E-state index contributed by atoms with van der Waals surface area (Å²) >= 11 is 0. The van der Waals surface area contributed by atoms with Crippen LogP contribution in [-0.2, 0) is 85.8 Å². The maximum absolute atomic E-state index is 15.8. The molecule has 4 fully saturated rings. The zero-order chi connectivity index (χ0) is 70.6. The summed E-state index contributed by atoms with van der Waals surface area (Å²) in [4.78, 5) is 56.0. The number of phenols is 4. The van der Waals surface area contributed by atoms with E-state index in [9.17, 15) is 112 Å². The quantitative estimate of drug-likeness (QED) is 0.0229. The Balaban J connectivity index is 0.00000451. The fourth-order valence-electron chi connectivity index (χ4n) is 14.7. The molecule has 8 bridgehead atoms. The van der Waals surface area contributed by atoms with Gasteiger partial charge >= 0.3 is 142 Å². The van der Waals surface area contributed by atoms with Crippen molar-refractivity contribution in [1.29, 1.82) is 0 Å². The molecule has 100 heavy (non-hydrogen) atoms. The molecule has 32 nitrogen and oxygen atoms in total. The minimum absolute atomic E-state index is 0. The molecular formula is C60H72N4Na4O28S4. The largest absolute Gasteiger partial charge is 1.00 e. The van der Waals surface area contributed by atoms with E-state index in [1.165, 1.54) is 19.6 Å². The number of benzene rings is 4. The zero-order valence-corrected chi connectivity index (χ0v) is 66.5. The average Bonchev–Trinajstić information content (AvgIpc) is 1.30. The number of likely N-dealkylation sites (tertiary alicyclic amines) is 4. The number of aliphatic carboxylic acids is 4. The number of carboxylic acid groups (broad SMARTS) is 4. The first-order chi connectivity index (χ1) is 44.7. The van der Waals surface area contributed by atoms with Crippen LogP contribution in [0, 0.1) is 0 Å². The van der Waals surface area contributed by atoms with Gasteiger partial charge in [0, 0.05) is 83.2 Å². The van der Waals surface area contributed by atoms with Gasteiger partial charge in [0.25, 0.3) is 40.5 Å². The predicted octanol–water partition coefficient (Wildman–Crippen LogP) is -11.0. The molecule has 0 aromatic heterocycles. The molecule has 9 rings (SSSR count). The Kier molecular flexibility index (Phi) is 30.5. The number of nitrogens with zero attached hydrogens (tertiary/aromatic N) is 4. The second-order valence-electron chi connectivity index (χ2n) is 25.2. The van der Waals surface area contributed by atoms with Crippen LogP contribution in [-0.4, -0.2) is 210 Å². The second kappa shape index (κ2) is 34.9. The Morgan fingerprint density at radius 1 is 0.340 bits per heavy atom. The molecule has 4 heterocycles. The molecule has 8 unspecified atom stereocenters. The number of fused-ring (bicyclic) bond motifs is 8. The molecule has 1 aliphatic carbocycles. The molecule has 4 aromatic rings. The number of carboxylic acids is 4. The van der Waals surface area contributed by atoms with Crippen LogP contribution in [0.15, 0.2) is 24.3 Å². The van der Waals surface area contributed by atoms with Crippen molar-refractivity contribution in [2.45, 2.75) is 151 Å². The SMILES string of the molecule is O=C(O)C1CCCN1Cc1c([O-])c2cc(c1[O-])C(CCS(=O)(=O)O)c1cc(c([O-])c(CN3CCCC3C(=O)O)c1O)C(CCS(=O)(=O)O)c1cc(c(O)c(CN3CCCC3C(=O)O)c1O)C(CCS(=O)(=O)O)c1cc(c(O)c(CN3CCCC3C(=O)O)c1[O-])C2CCS(=O)(=O)O.[Na+].[Na+].[Na+].[Na+]. The normalized spacial score (nSPS) is 22.3. The first-order valence-electron chi connectivity index (χ1n) is 30.7. The average molecular weight is 1520 g/mol. The molecule has 0 amide bonds. The van der Waals surface area contributed by atoms with Gasteiger partial charge in [-0.2, -0.15) is 33.7 Å². The van der Waals surface area contributed by atoms with E-state index >= 15 is 20.4 Å². The van der Waals surface area contributed by atoms with Gasteiger partial charge in [-0.05, 0) is 137 Å². The molecule has 4 aromatic carbocycles. The van der Waals surface area contributed by atoms with Crippen molar-refractivity contribution in [3.63, 3.8) is 0 Å². The molecule has 40 heteroatoms. The van der Waals surface area contributed by atoms with Crippen LogP contribution < -0.4 is 139 Å². The van der Waals surface area contributed by atoms with Gasteiger partial charge < -0.3 is 61.3 Å². The standard InChI is InChI=1S/C60H76N4O28S4.4Na/c65-49-33-21-34(50(66)41(49)25-61-13-1-5-45(61)57(73)74)30(10-18-94(84,85)86)36-23-38(54(70)43(52(36)68)27-63-15-3-7-47(63)59(77)78)32(12-20-96(90,91)92)40-24-39(55(71)44(56(40)72)28-64-16-4-8-48(64)60(79)80)31(11-19-95(87,88)89)37-22-35(29(33)9-17-93(81,82)83)51(67)42(53(37)69)26-62-14-2-6-46(62)58(75)76;;;;/h21-24,29-32,45-48,65-72H,1-20,25-28H2,(H,73,74)(H,75,76)(H,77,78)(H,79,80)(H,81,82,83)(H,84,85,86)(H,87,88,89)(H,90,91,92);;;;/q;4*+1/p-4. The summed E-state index contributed by atoms with van der Waals surface area (Å²) in [6.07, 6.45) is -3.67. The van der Waals surface area contributed by atoms with Crippen LogP contribution in [0.4, 0.5) is 0 Å². The van der Waals surface area contributed by atoms with Crippen molar-refractivity contribution >= 4 is 64.3 Å². The number of carbonyl (C=O) groups is 4. The van der Waals surface area contributed by atoms with E-state index in [4.69, 9.17) is 0 Å². The Bertz CT molecular complexity index is 3600. The van der Waals surface area contributed by atoms with Gasteiger partial charge in [-0.15, -0.1) is 11.5 Å².